The number of para-hydroxylation sites is 1. The van der Waals surface area contributed by atoms with Gasteiger partial charge < -0.3 is 17.0 Å². The molecule has 0 atom stereocenters. The Bertz CT molecular complexity index is 324. The minimum Gasteiger partial charge on any atom is -0.490 e. The van der Waals surface area contributed by atoms with E-state index in [4.69, 9.17) is 4.74 Å². The van der Waals surface area contributed by atoms with Gasteiger partial charge in [-0.1, -0.05) is 32.4 Å². The molecule has 1 aromatic rings. The maximum atomic E-state index is 10.5. The van der Waals surface area contributed by atoms with Crippen LogP contribution < -0.4 is 4.74 Å². The Balaban J connectivity index is -0.000000356. The van der Waals surface area contributed by atoms with Crippen LogP contribution in [-0.4, -0.2) is 12.3 Å². The van der Waals surface area contributed by atoms with Crippen LogP contribution in [-0.2, 0) is 9.59 Å². The first-order valence-corrected chi connectivity index (χ1v) is 4.81. The van der Waals surface area contributed by atoms with Gasteiger partial charge in [-0.05, 0) is 0 Å². The Hall–Kier alpha value is -0.588. The standard InChI is InChI=1S/C9H7O3.C3H8.CH3.U/c1-7(11)12-9-5-3-2-4-8(9)6-10;1-3-2;;/h2-5H,1H3;3H2,1-2H3;1H3;/q-1;;-1;+2. The maximum absolute atomic E-state index is 10.5. The third-order valence-corrected chi connectivity index (χ3v) is 1.25. The Kier molecular flexibility index (Phi) is 17.2. The maximum Gasteiger partial charge on any atom is 2.00 e. The topological polar surface area (TPSA) is 43.4 Å². The Labute approximate surface area is 127 Å². The van der Waals surface area contributed by atoms with Crippen molar-refractivity contribution in [3.05, 3.63) is 37.3 Å². The second-order valence-corrected chi connectivity index (χ2v) is 2.90. The molecule has 17 heavy (non-hydrogen) atoms. The fourth-order valence-electron chi connectivity index (χ4n) is 0.795. The van der Waals surface area contributed by atoms with Gasteiger partial charge in [0.15, 0.2) is 0 Å². The monoisotopic (exact) mass is 460 g/mol. The fraction of sp³-hybridized carbons (Fsp3) is 0.308. The van der Waals surface area contributed by atoms with Crippen molar-refractivity contribution in [1.82, 2.24) is 0 Å². The second-order valence-electron chi connectivity index (χ2n) is 2.90. The molecule has 3 nitrogen and oxygen atoms in total. The molecule has 92 valence electrons. The third kappa shape index (κ3) is 10.3. The van der Waals surface area contributed by atoms with Crippen LogP contribution in [0.1, 0.15) is 32.8 Å². The van der Waals surface area contributed by atoms with Crippen LogP contribution in [0.2, 0.25) is 0 Å². The fourth-order valence-corrected chi connectivity index (χ4v) is 0.795. The SMILES string of the molecule is CC(=O)Oc1ccccc1[C-]=O.CCC.[CH3-].[U+2]. The van der Waals surface area contributed by atoms with Crippen molar-refractivity contribution in [2.24, 2.45) is 0 Å². The normalized spacial score (nSPS) is 7.47. The first kappa shape index (κ1) is 21.7. The van der Waals surface area contributed by atoms with Gasteiger partial charge in [-0.2, -0.15) is 6.07 Å². The van der Waals surface area contributed by atoms with Crippen LogP contribution >= 0.6 is 0 Å². The van der Waals surface area contributed by atoms with Crippen molar-refractivity contribution in [2.45, 2.75) is 27.2 Å². The van der Waals surface area contributed by atoms with Gasteiger partial charge in [0.1, 0.15) is 0 Å². The van der Waals surface area contributed by atoms with Gasteiger partial charge in [-0.15, -0.1) is 11.6 Å². The van der Waals surface area contributed by atoms with Gasteiger partial charge in [0.05, 0.1) is 6.29 Å². The molecule has 0 spiro atoms. The summed E-state index contributed by atoms with van der Waals surface area (Å²) in [7, 11) is 0. The van der Waals surface area contributed by atoms with Gasteiger partial charge in [0, 0.05) is 12.7 Å². The molecule has 0 bridgehead atoms. The molecule has 4 heteroatoms. The van der Waals surface area contributed by atoms with Crippen LogP contribution in [0.15, 0.2) is 24.3 Å². The van der Waals surface area contributed by atoms with Gasteiger partial charge in [-0.3, -0.25) is 4.79 Å². The van der Waals surface area contributed by atoms with Crippen molar-refractivity contribution in [3.8, 4) is 5.75 Å². The van der Waals surface area contributed by atoms with Gasteiger partial charge in [0.25, 0.3) is 5.97 Å². The van der Waals surface area contributed by atoms with E-state index in [1.165, 1.54) is 19.4 Å². The van der Waals surface area contributed by atoms with E-state index in [2.05, 4.69) is 13.8 Å². The van der Waals surface area contributed by atoms with Crippen LogP contribution in [0.25, 0.3) is 0 Å². The van der Waals surface area contributed by atoms with E-state index in [0.29, 0.717) is 0 Å². The summed E-state index contributed by atoms with van der Waals surface area (Å²) in [5.41, 5.74) is 0.257. The molecule has 0 aromatic heterocycles. The molecule has 0 saturated heterocycles. The summed E-state index contributed by atoms with van der Waals surface area (Å²) in [5, 5.41) is 0. The Morgan fingerprint density at radius 3 is 2.18 bits per heavy atom. The summed E-state index contributed by atoms with van der Waals surface area (Å²) in [6.07, 6.45) is 2.92. The van der Waals surface area contributed by atoms with E-state index in [0.717, 1.165) is 0 Å². The molecule has 0 radical (unpaired) electrons. The molecule has 0 N–H and O–H groups in total. The van der Waals surface area contributed by atoms with E-state index in [1.807, 2.05) is 0 Å². The van der Waals surface area contributed by atoms with E-state index in [1.54, 1.807) is 24.5 Å². The number of carbonyl (C=O) groups is 1. The van der Waals surface area contributed by atoms with Crippen molar-refractivity contribution in [3.63, 3.8) is 0 Å². The second kappa shape index (κ2) is 13.5. The minimum absolute atomic E-state index is 0. The number of hydrogen-bond donors (Lipinski definition) is 0. The van der Waals surface area contributed by atoms with Crippen molar-refractivity contribution in [2.75, 3.05) is 0 Å². The first-order valence-electron chi connectivity index (χ1n) is 4.81. The first-order chi connectivity index (χ1) is 7.15. The predicted octanol–water partition coefficient (Wildman–Crippen LogP) is 2.94. The van der Waals surface area contributed by atoms with E-state index >= 15 is 0 Å². The zero-order valence-corrected chi connectivity index (χ0v) is 14.9. The smallest absolute Gasteiger partial charge is 0.490 e. The summed E-state index contributed by atoms with van der Waals surface area (Å²) in [4.78, 5) is 20.8. The molecule has 1 rings (SSSR count). The molecule has 0 heterocycles. The average molecular weight is 460 g/mol. The Morgan fingerprint density at radius 1 is 1.29 bits per heavy atom. The van der Waals surface area contributed by atoms with Gasteiger partial charge in [0.2, 0.25) is 0 Å². The van der Waals surface area contributed by atoms with Crippen LogP contribution in [0.4, 0.5) is 0 Å². The molecule has 0 amide bonds. The summed E-state index contributed by atoms with van der Waals surface area (Å²) in [6, 6.07) is 6.43. The molecular formula is C13H18O3U. The number of benzene rings is 1. The van der Waals surface area contributed by atoms with E-state index < -0.39 is 5.97 Å². The van der Waals surface area contributed by atoms with Gasteiger partial charge >= 0.3 is 31.1 Å². The van der Waals surface area contributed by atoms with Crippen molar-refractivity contribution in [1.29, 1.82) is 0 Å². The molecule has 1 aromatic carbocycles. The molecule has 0 unspecified atom stereocenters. The minimum atomic E-state index is -0.447. The predicted molar refractivity (Wildman–Crippen MR) is 64.9 cm³/mol. The third-order valence-electron chi connectivity index (χ3n) is 1.25. The zero-order chi connectivity index (χ0) is 11.7. The number of ether oxygens (including phenoxy) is 1. The number of carbonyl (C=O) groups excluding carboxylic acids is 2. The van der Waals surface area contributed by atoms with Crippen LogP contribution in [0.3, 0.4) is 0 Å². The molecule has 0 aliphatic rings. The van der Waals surface area contributed by atoms with E-state index in [9.17, 15) is 9.59 Å². The summed E-state index contributed by atoms with van der Waals surface area (Å²) in [6.45, 7) is 5.53. The van der Waals surface area contributed by atoms with Gasteiger partial charge in [-0.25, -0.2) is 0 Å². The quantitative estimate of drug-likeness (QED) is 0.388. The number of hydrogen-bond acceptors (Lipinski definition) is 3. The molecule has 0 aliphatic heterocycles. The molecule has 0 fully saturated rings. The molecular weight excluding hydrogens is 442 g/mol. The zero-order valence-electron chi connectivity index (χ0n) is 10.7. The van der Waals surface area contributed by atoms with Crippen LogP contribution in [0, 0.1) is 38.5 Å². The number of rotatable bonds is 2. The Morgan fingerprint density at radius 2 is 1.76 bits per heavy atom. The van der Waals surface area contributed by atoms with Crippen LogP contribution in [0.5, 0.6) is 5.75 Å². The summed E-state index contributed by atoms with van der Waals surface area (Å²) in [5.74, 6) is -0.197. The molecule has 0 aliphatic carbocycles. The van der Waals surface area contributed by atoms with E-state index in [-0.39, 0.29) is 49.9 Å². The average Bonchev–Trinajstić information content (AvgIpc) is 2.19. The van der Waals surface area contributed by atoms with Crippen molar-refractivity contribution >= 4 is 12.3 Å². The molecule has 0 saturated carbocycles. The summed E-state index contributed by atoms with van der Waals surface area (Å²) >= 11 is 0. The van der Waals surface area contributed by atoms with Crippen molar-refractivity contribution < 1.29 is 45.4 Å². The summed E-state index contributed by atoms with van der Waals surface area (Å²) < 4.78 is 4.73. The number of esters is 1. The largest absolute Gasteiger partial charge is 2.00 e.